The summed E-state index contributed by atoms with van der Waals surface area (Å²) >= 11 is 0. The molecule has 2 aromatic rings. The van der Waals surface area contributed by atoms with Crippen molar-refractivity contribution in [1.82, 2.24) is 5.32 Å². The van der Waals surface area contributed by atoms with Crippen molar-refractivity contribution < 1.29 is 17.9 Å². The average Bonchev–Trinajstić information content (AvgIpc) is 2.40. The fourth-order valence-corrected chi connectivity index (χ4v) is 2.30. The summed E-state index contributed by atoms with van der Waals surface area (Å²) in [5.74, 6) is -0.214. The lowest BCUT2D eigenvalue weighted by molar-refractivity contribution is -0.274. The van der Waals surface area contributed by atoms with Gasteiger partial charge in [-0.1, -0.05) is 36.4 Å². The Balaban J connectivity index is 2.35. The molecule has 0 fully saturated rings. The van der Waals surface area contributed by atoms with Gasteiger partial charge >= 0.3 is 6.36 Å². The van der Waals surface area contributed by atoms with E-state index in [1.54, 1.807) is 19.2 Å². The van der Waals surface area contributed by atoms with Crippen LogP contribution < -0.4 is 10.1 Å². The lowest BCUT2D eigenvalue weighted by atomic mass is 9.95. The quantitative estimate of drug-likeness (QED) is 0.912. The molecule has 21 heavy (non-hydrogen) atoms. The van der Waals surface area contributed by atoms with Crippen LogP contribution in [0.4, 0.5) is 13.2 Å². The maximum Gasteiger partial charge on any atom is 0.573 e. The molecule has 2 nitrogen and oxygen atoms in total. The largest absolute Gasteiger partial charge is 0.573 e. The topological polar surface area (TPSA) is 21.3 Å². The van der Waals surface area contributed by atoms with Crippen LogP contribution in [-0.4, -0.2) is 13.4 Å². The molecule has 0 saturated carbocycles. The standard InChI is InChI=1S/C16H16F3NO/c1-11-6-3-4-9-14(11)15(20-2)12-7-5-8-13(10-12)21-16(17,18)19/h3-10,15,20H,1-2H3. The first kappa shape index (κ1) is 15.4. The Morgan fingerprint density at radius 1 is 1.05 bits per heavy atom. The Labute approximate surface area is 121 Å². The minimum atomic E-state index is -4.68. The summed E-state index contributed by atoms with van der Waals surface area (Å²) in [5.41, 5.74) is 2.80. The van der Waals surface area contributed by atoms with Gasteiger partial charge in [-0.25, -0.2) is 0 Å². The second kappa shape index (κ2) is 6.18. The van der Waals surface area contributed by atoms with Crippen LogP contribution in [0, 0.1) is 6.92 Å². The number of hydrogen-bond acceptors (Lipinski definition) is 2. The fourth-order valence-electron chi connectivity index (χ4n) is 2.30. The first-order chi connectivity index (χ1) is 9.90. The molecule has 1 atom stereocenters. The summed E-state index contributed by atoms with van der Waals surface area (Å²) in [4.78, 5) is 0. The van der Waals surface area contributed by atoms with Gasteiger partial charge in [-0.3, -0.25) is 0 Å². The molecular formula is C16H16F3NO. The van der Waals surface area contributed by atoms with Crippen molar-refractivity contribution in [2.24, 2.45) is 0 Å². The molecule has 5 heteroatoms. The third-order valence-electron chi connectivity index (χ3n) is 3.21. The minimum absolute atomic E-state index is 0.192. The van der Waals surface area contributed by atoms with E-state index in [-0.39, 0.29) is 11.8 Å². The van der Waals surface area contributed by atoms with Crippen LogP contribution >= 0.6 is 0 Å². The number of alkyl halides is 3. The van der Waals surface area contributed by atoms with Gasteiger partial charge in [0.15, 0.2) is 0 Å². The Bertz CT molecular complexity index is 610. The molecule has 0 aliphatic rings. The van der Waals surface area contributed by atoms with Crippen LogP contribution in [0.25, 0.3) is 0 Å². The van der Waals surface area contributed by atoms with Crippen LogP contribution in [0.2, 0.25) is 0 Å². The summed E-state index contributed by atoms with van der Waals surface area (Å²) in [7, 11) is 1.77. The summed E-state index contributed by atoms with van der Waals surface area (Å²) in [6, 6.07) is 13.6. The molecule has 0 amide bonds. The van der Waals surface area contributed by atoms with Gasteiger partial charge in [-0.05, 0) is 42.8 Å². The number of hydrogen-bond donors (Lipinski definition) is 1. The van der Waals surface area contributed by atoms with Crippen LogP contribution in [-0.2, 0) is 0 Å². The number of nitrogens with one attached hydrogen (secondary N) is 1. The monoisotopic (exact) mass is 295 g/mol. The Hall–Kier alpha value is -2.01. The molecule has 0 bridgehead atoms. The summed E-state index contributed by atoms with van der Waals surface area (Å²) < 4.78 is 40.9. The first-order valence-corrected chi connectivity index (χ1v) is 6.49. The van der Waals surface area contributed by atoms with Crippen LogP contribution in [0.1, 0.15) is 22.7 Å². The zero-order valence-corrected chi connectivity index (χ0v) is 11.7. The highest BCUT2D eigenvalue weighted by molar-refractivity contribution is 5.39. The lowest BCUT2D eigenvalue weighted by Crippen LogP contribution is -2.20. The molecule has 0 spiro atoms. The molecule has 1 N–H and O–H groups in total. The van der Waals surface area contributed by atoms with Crippen molar-refractivity contribution in [3.63, 3.8) is 0 Å². The van der Waals surface area contributed by atoms with Crippen molar-refractivity contribution in [3.05, 3.63) is 65.2 Å². The molecule has 0 saturated heterocycles. The van der Waals surface area contributed by atoms with Crippen molar-refractivity contribution >= 4 is 0 Å². The van der Waals surface area contributed by atoms with Crippen molar-refractivity contribution in [1.29, 1.82) is 0 Å². The first-order valence-electron chi connectivity index (χ1n) is 6.49. The number of ether oxygens (including phenoxy) is 1. The van der Waals surface area contributed by atoms with E-state index in [0.29, 0.717) is 5.56 Å². The molecule has 1 unspecified atom stereocenters. The van der Waals surface area contributed by atoms with Crippen molar-refractivity contribution in [2.75, 3.05) is 7.05 Å². The van der Waals surface area contributed by atoms with Gasteiger partial charge in [0.2, 0.25) is 0 Å². The molecule has 0 aliphatic carbocycles. The van der Waals surface area contributed by atoms with Crippen LogP contribution in [0.3, 0.4) is 0 Å². The SMILES string of the molecule is CNC(c1cccc(OC(F)(F)F)c1)c1ccccc1C. The zero-order valence-electron chi connectivity index (χ0n) is 11.7. The molecule has 2 aromatic carbocycles. The van der Waals surface area contributed by atoms with Gasteiger partial charge in [-0.2, -0.15) is 0 Å². The maximum atomic E-state index is 12.3. The molecule has 0 aromatic heterocycles. The third-order valence-corrected chi connectivity index (χ3v) is 3.21. The Kier molecular flexibility index (Phi) is 4.53. The number of aryl methyl sites for hydroxylation is 1. The number of halogens is 3. The third kappa shape index (κ3) is 3.98. The summed E-state index contributed by atoms with van der Waals surface area (Å²) in [6.45, 7) is 1.97. The van der Waals surface area contributed by atoms with E-state index in [1.165, 1.54) is 12.1 Å². The van der Waals surface area contributed by atoms with Gasteiger partial charge in [0, 0.05) is 0 Å². The predicted molar refractivity (Wildman–Crippen MR) is 75.2 cm³/mol. The van der Waals surface area contributed by atoms with E-state index < -0.39 is 6.36 Å². The lowest BCUT2D eigenvalue weighted by Gasteiger charge is -2.20. The van der Waals surface area contributed by atoms with Gasteiger partial charge in [0.05, 0.1) is 6.04 Å². The fraction of sp³-hybridized carbons (Fsp3) is 0.250. The van der Waals surface area contributed by atoms with Crippen LogP contribution in [0.5, 0.6) is 5.75 Å². The van der Waals surface area contributed by atoms with Gasteiger partial charge in [-0.15, -0.1) is 13.2 Å². The highest BCUT2D eigenvalue weighted by atomic mass is 19.4. The molecular weight excluding hydrogens is 279 g/mol. The van der Waals surface area contributed by atoms with E-state index in [4.69, 9.17) is 0 Å². The normalized spacial score (nSPS) is 13.0. The number of benzene rings is 2. The maximum absolute atomic E-state index is 12.3. The average molecular weight is 295 g/mol. The molecule has 0 heterocycles. The highest BCUT2D eigenvalue weighted by Gasteiger charge is 2.31. The Morgan fingerprint density at radius 2 is 1.76 bits per heavy atom. The van der Waals surface area contributed by atoms with Crippen molar-refractivity contribution in [3.8, 4) is 5.75 Å². The van der Waals surface area contributed by atoms with E-state index in [0.717, 1.165) is 11.1 Å². The zero-order chi connectivity index (χ0) is 15.5. The minimum Gasteiger partial charge on any atom is -0.406 e. The van der Waals surface area contributed by atoms with Crippen molar-refractivity contribution in [2.45, 2.75) is 19.3 Å². The summed E-state index contributed by atoms with van der Waals surface area (Å²) in [5, 5.41) is 3.13. The second-order valence-electron chi connectivity index (χ2n) is 4.70. The second-order valence-corrected chi connectivity index (χ2v) is 4.70. The molecule has 0 radical (unpaired) electrons. The molecule has 112 valence electrons. The molecule has 2 rings (SSSR count). The van der Waals surface area contributed by atoms with Gasteiger partial charge in [0.1, 0.15) is 5.75 Å². The van der Waals surface area contributed by atoms with Crippen LogP contribution in [0.15, 0.2) is 48.5 Å². The molecule has 0 aliphatic heterocycles. The Morgan fingerprint density at radius 3 is 2.38 bits per heavy atom. The van der Waals surface area contributed by atoms with E-state index in [9.17, 15) is 13.2 Å². The number of rotatable bonds is 4. The van der Waals surface area contributed by atoms with Gasteiger partial charge in [0.25, 0.3) is 0 Å². The van der Waals surface area contributed by atoms with E-state index in [2.05, 4.69) is 10.1 Å². The van der Waals surface area contributed by atoms with E-state index >= 15 is 0 Å². The van der Waals surface area contributed by atoms with E-state index in [1.807, 2.05) is 31.2 Å². The smallest absolute Gasteiger partial charge is 0.406 e. The van der Waals surface area contributed by atoms with Gasteiger partial charge < -0.3 is 10.1 Å². The highest BCUT2D eigenvalue weighted by Crippen LogP contribution is 2.29. The summed E-state index contributed by atoms with van der Waals surface area (Å²) in [6.07, 6.45) is -4.68. The predicted octanol–water partition coefficient (Wildman–Crippen LogP) is 4.20.